The van der Waals surface area contributed by atoms with E-state index in [4.69, 9.17) is 32.9 Å². The lowest BCUT2D eigenvalue weighted by Gasteiger charge is -2.29. The van der Waals surface area contributed by atoms with Gasteiger partial charge in [0.25, 0.3) is 0 Å². The molecule has 3 aromatic rings. The third kappa shape index (κ3) is 4.88. The van der Waals surface area contributed by atoms with Gasteiger partial charge in [0.2, 0.25) is 0 Å². The molecule has 0 bridgehead atoms. The van der Waals surface area contributed by atoms with Gasteiger partial charge in [0.15, 0.2) is 5.75 Å². The van der Waals surface area contributed by atoms with Crippen molar-refractivity contribution in [1.29, 1.82) is 0 Å². The van der Waals surface area contributed by atoms with Crippen LogP contribution in [-0.4, -0.2) is 34.6 Å². The van der Waals surface area contributed by atoms with Crippen LogP contribution in [0.1, 0.15) is 31.5 Å². The zero-order valence-electron chi connectivity index (χ0n) is 16.8. The zero-order chi connectivity index (χ0) is 20.2. The Labute approximate surface area is 182 Å². The number of piperidine rings is 1. The number of para-hydroxylation sites is 3. The molecule has 4 rings (SSSR count). The highest BCUT2D eigenvalue weighted by Crippen LogP contribution is 2.33. The average molecular weight is 432 g/mol. The summed E-state index contributed by atoms with van der Waals surface area (Å²) in [6.07, 6.45) is 5.04. The number of benzene rings is 2. The fraction of sp³-hybridized carbons (Fsp3) is 0.435. The van der Waals surface area contributed by atoms with Gasteiger partial charge in [0, 0.05) is 13.1 Å². The van der Waals surface area contributed by atoms with Gasteiger partial charge in [-0.05, 0) is 69.5 Å². The molecule has 1 saturated heterocycles. The number of nitrogens with zero attached hydrogens (tertiary/aromatic N) is 3. The summed E-state index contributed by atoms with van der Waals surface area (Å²) in [5.41, 5.74) is 2.14. The number of fused-ring (bicyclic) bond motifs is 1. The van der Waals surface area contributed by atoms with Crippen LogP contribution in [0.15, 0.2) is 42.5 Å². The SMILES string of the molecule is CN1CCCC(CCCn2c(COc3c(Cl)cccc3Cl)nc3ccccc32)C1. The molecule has 154 valence electrons. The predicted molar refractivity (Wildman–Crippen MR) is 120 cm³/mol. The van der Waals surface area contributed by atoms with Crippen LogP contribution in [0, 0.1) is 5.92 Å². The third-order valence-electron chi connectivity index (χ3n) is 5.71. The molecule has 0 amide bonds. The minimum atomic E-state index is 0.338. The van der Waals surface area contributed by atoms with E-state index in [1.165, 1.54) is 32.4 Å². The van der Waals surface area contributed by atoms with E-state index in [0.717, 1.165) is 35.7 Å². The summed E-state index contributed by atoms with van der Waals surface area (Å²) in [6.45, 7) is 3.72. The maximum absolute atomic E-state index is 6.26. The summed E-state index contributed by atoms with van der Waals surface area (Å²) in [5.74, 6) is 2.22. The van der Waals surface area contributed by atoms with Gasteiger partial charge in [-0.15, -0.1) is 0 Å². The van der Waals surface area contributed by atoms with Gasteiger partial charge in [0.05, 0.1) is 21.1 Å². The van der Waals surface area contributed by atoms with Crippen molar-refractivity contribution in [1.82, 2.24) is 14.5 Å². The first-order chi connectivity index (χ1) is 14.1. The maximum atomic E-state index is 6.26. The van der Waals surface area contributed by atoms with E-state index in [1.54, 1.807) is 12.1 Å². The zero-order valence-corrected chi connectivity index (χ0v) is 18.3. The number of ether oxygens (including phenoxy) is 1. The van der Waals surface area contributed by atoms with E-state index >= 15 is 0 Å². The van der Waals surface area contributed by atoms with Crippen LogP contribution in [0.5, 0.6) is 5.75 Å². The first-order valence-corrected chi connectivity index (χ1v) is 11.1. The molecule has 1 atom stereocenters. The van der Waals surface area contributed by atoms with E-state index in [2.05, 4.69) is 28.6 Å². The first-order valence-electron chi connectivity index (χ1n) is 10.3. The molecule has 2 aromatic carbocycles. The highest BCUT2D eigenvalue weighted by molar-refractivity contribution is 6.37. The Bertz CT molecular complexity index is 952. The maximum Gasteiger partial charge on any atom is 0.157 e. The molecule has 0 saturated carbocycles. The number of imidazole rings is 1. The molecule has 2 heterocycles. The number of aromatic nitrogens is 2. The highest BCUT2D eigenvalue weighted by Gasteiger charge is 2.18. The molecule has 6 heteroatoms. The number of hydrogen-bond donors (Lipinski definition) is 0. The highest BCUT2D eigenvalue weighted by atomic mass is 35.5. The van der Waals surface area contributed by atoms with E-state index in [0.29, 0.717) is 22.4 Å². The van der Waals surface area contributed by atoms with Gasteiger partial charge < -0.3 is 14.2 Å². The molecule has 0 spiro atoms. The van der Waals surface area contributed by atoms with Crippen LogP contribution >= 0.6 is 23.2 Å². The van der Waals surface area contributed by atoms with Crippen molar-refractivity contribution in [3.63, 3.8) is 0 Å². The molecule has 1 aliphatic heterocycles. The Morgan fingerprint density at radius 1 is 1.10 bits per heavy atom. The number of halogens is 2. The molecule has 1 unspecified atom stereocenters. The molecule has 0 N–H and O–H groups in total. The summed E-state index contributed by atoms with van der Waals surface area (Å²) in [7, 11) is 2.23. The summed E-state index contributed by atoms with van der Waals surface area (Å²) in [4.78, 5) is 7.26. The van der Waals surface area contributed by atoms with Crippen molar-refractivity contribution in [2.45, 2.75) is 38.8 Å². The number of rotatable bonds is 7. The van der Waals surface area contributed by atoms with Crippen LogP contribution in [0.3, 0.4) is 0 Å². The molecular formula is C23H27Cl2N3O. The average Bonchev–Trinajstić information content (AvgIpc) is 3.05. The molecule has 4 nitrogen and oxygen atoms in total. The van der Waals surface area contributed by atoms with Gasteiger partial charge in [-0.25, -0.2) is 4.98 Å². The molecular weight excluding hydrogens is 405 g/mol. The Morgan fingerprint density at radius 2 is 1.90 bits per heavy atom. The topological polar surface area (TPSA) is 30.3 Å². The largest absolute Gasteiger partial charge is 0.483 e. The molecule has 1 aromatic heterocycles. The predicted octanol–water partition coefficient (Wildman–Crippen LogP) is 6.04. The summed E-state index contributed by atoms with van der Waals surface area (Å²) in [6, 6.07) is 13.6. The van der Waals surface area contributed by atoms with Crippen LogP contribution in [0.2, 0.25) is 10.0 Å². The van der Waals surface area contributed by atoms with Gasteiger partial charge in [-0.1, -0.05) is 41.4 Å². The Balaban J connectivity index is 1.48. The molecule has 29 heavy (non-hydrogen) atoms. The van der Waals surface area contributed by atoms with Crippen molar-refractivity contribution < 1.29 is 4.74 Å². The van der Waals surface area contributed by atoms with Crippen LogP contribution in [0.25, 0.3) is 11.0 Å². The van der Waals surface area contributed by atoms with Crippen LogP contribution < -0.4 is 4.74 Å². The third-order valence-corrected chi connectivity index (χ3v) is 6.31. The lowest BCUT2D eigenvalue weighted by molar-refractivity contribution is 0.198. The smallest absolute Gasteiger partial charge is 0.157 e. The summed E-state index contributed by atoms with van der Waals surface area (Å²) >= 11 is 12.5. The monoisotopic (exact) mass is 431 g/mol. The number of likely N-dealkylation sites (tertiary alicyclic amines) is 1. The lowest BCUT2D eigenvalue weighted by Crippen LogP contribution is -2.32. The van der Waals surface area contributed by atoms with Crippen LogP contribution in [-0.2, 0) is 13.2 Å². The fourth-order valence-electron chi connectivity index (χ4n) is 4.29. The van der Waals surface area contributed by atoms with Gasteiger partial charge in [0.1, 0.15) is 12.4 Å². The Kier molecular flexibility index (Phi) is 6.63. The van der Waals surface area contributed by atoms with Crippen molar-refractivity contribution >= 4 is 34.2 Å². The minimum Gasteiger partial charge on any atom is -0.483 e. The van der Waals surface area contributed by atoms with Gasteiger partial charge in [-0.2, -0.15) is 0 Å². The number of hydrogen-bond acceptors (Lipinski definition) is 3. The van der Waals surface area contributed by atoms with E-state index in [9.17, 15) is 0 Å². The van der Waals surface area contributed by atoms with Gasteiger partial charge in [-0.3, -0.25) is 0 Å². The van der Waals surface area contributed by atoms with Gasteiger partial charge >= 0.3 is 0 Å². The van der Waals surface area contributed by atoms with E-state index in [-0.39, 0.29) is 0 Å². The lowest BCUT2D eigenvalue weighted by atomic mass is 9.94. The van der Waals surface area contributed by atoms with E-state index in [1.807, 2.05) is 18.2 Å². The number of aryl methyl sites for hydroxylation is 1. The van der Waals surface area contributed by atoms with Crippen molar-refractivity contribution in [3.05, 3.63) is 58.3 Å². The summed E-state index contributed by atoms with van der Waals surface area (Å²) in [5, 5.41) is 1.03. The van der Waals surface area contributed by atoms with E-state index < -0.39 is 0 Å². The van der Waals surface area contributed by atoms with Crippen molar-refractivity contribution in [2.24, 2.45) is 5.92 Å². The normalized spacial score (nSPS) is 17.7. The molecule has 0 radical (unpaired) electrons. The van der Waals surface area contributed by atoms with Crippen LogP contribution in [0.4, 0.5) is 0 Å². The second-order valence-corrected chi connectivity index (χ2v) is 8.73. The Hall–Kier alpha value is -1.75. The fourth-order valence-corrected chi connectivity index (χ4v) is 4.80. The Morgan fingerprint density at radius 3 is 2.69 bits per heavy atom. The second kappa shape index (κ2) is 9.38. The summed E-state index contributed by atoms with van der Waals surface area (Å²) < 4.78 is 8.26. The second-order valence-electron chi connectivity index (χ2n) is 7.92. The first kappa shape index (κ1) is 20.5. The minimum absolute atomic E-state index is 0.338. The molecule has 0 aliphatic carbocycles. The van der Waals surface area contributed by atoms with Crippen molar-refractivity contribution in [2.75, 3.05) is 20.1 Å². The molecule has 1 aliphatic rings. The molecule has 1 fully saturated rings. The van der Waals surface area contributed by atoms with Crippen molar-refractivity contribution in [3.8, 4) is 5.75 Å². The standard InChI is InChI=1S/C23H27Cl2N3O/c1-27-13-5-7-17(15-27)8-6-14-28-21-12-3-2-11-20(21)26-22(28)16-29-23-18(24)9-4-10-19(23)25/h2-4,9-12,17H,5-8,13-16H2,1H3. The quantitative estimate of drug-likeness (QED) is 0.456.